The number of ether oxygens (including phenoxy) is 1. The van der Waals surface area contributed by atoms with Gasteiger partial charge >= 0.3 is 0 Å². The van der Waals surface area contributed by atoms with Crippen molar-refractivity contribution in [1.29, 1.82) is 0 Å². The van der Waals surface area contributed by atoms with Crippen LogP contribution in [0.1, 0.15) is 11.3 Å². The molecule has 7 heteroatoms. The monoisotopic (exact) mass is 359 g/mol. The number of carbonyl (C=O) groups is 1. The first-order chi connectivity index (χ1) is 11.7. The van der Waals surface area contributed by atoms with E-state index in [9.17, 15) is 4.79 Å². The van der Waals surface area contributed by atoms with Crippen LogP contribution >= 0.6 is 23.1 Å². The number of thioether (sulfide) groups is 1. The molecule has 0 aliphatic heterocycles. The normalized spacial score (nSPS) is 10.8. The first kappa shape index (κ1) is 16.7. The molecule has 2 heterocycles. The molecule has 0 saturated heterocycles. The Bertz CT molecular complexity index is 847. The molecule has 2 aromatic heterocycles. The van der Waals surface area contributed by atoms with Gasteiger partial charge in [-0.15, -0.1) is 23.1 Å². The van der Waals surface area contributed by atoms with E-state index in [1.807, 2.05) is 24.3 Å². The van der Waals surface area contributed by atoms with E-state index in [4.69, 9.17) is 4.74 Å². The Morgan fingerprint density at radius 2 is 2.08 bits per heavy atom. The number of aromatic nitrogens is 2. The molecule has 0 radical (unpaired) electrons. The topological polar surface area (TPSA) is 64.1 Å². The number of rotatable bonds is 6. The van der Waals surface area contributed by atoms with Crippen molar-refractivity contribution in [3.8, 4) is 5.75 Å². The van der Waals surface area contributed by atoms with Gasteiger partial charge in [0.1, 0.15) is 21.9 Å². The van der Waals surface area contributed by atoms with Crippen LogP contribution in [0.15, 0.2) is 41.7 Å². The van der Waals surface area contributed by atoms with Gasteiger partial charge in [0.2, 0.25) is 5.91 Å². The molecule has 3 rings (SSSR count). The average Bonchev–Trinajstić information content (AvgIpc) is 2.96. The predicted octanol–water partition coefficient (Wildman–Crippen LogP) is 4.13. The molecule has 124 valence electrons. The Hall–Kier alpha value is -2.12. The number of nitrogens with one attached hydrogen (secondary N) is 1. The van der Waals surface area contributed by atoms with Gasteiger partial charge in [-0.3, -0.25) is 4.79 Å². The van der Waals surface area contributed by atoms with Gasteiger partial charge in [0.05, 0.1) is 7.11 Å². The molecule has 0 unspecified atom stereocenters. The largest absolute Gasteiger partial charge is 0.497 e. The highest BCUT2D eigenvalue weighted by atomic mass is 32.2. The van der Waals surface area contributed by atoms with Crippen molar-refractivity contribution in [2.75, 3.05) is 18.2 Å². The quantitative estimate of drug-likeness (QED) is 0.529. The Labute approximate surface area is 148 Å². The average molecular weight is 359 g/mol. The van der Waals surface area contributed by atoms with Crippen molar-refractivity contribution in [3.05, 3.63) is 41.5 Å². The van der Waals surface area contributed by atoms with Crippen LogP contribution in [0, 0.1) is 6.92 Å². The molecule has 0 aliphatic rings. The van der Waals surface area contributed by atoms with Crippen LogP contribution < -0.4 is 10.1 Å². The molecule has 0 spiro atoms. The van der Waals surface area contributed by atoms with Gasteiger partial charge in [0, 0.05) is 28.1 Å². The Kier molecular flexibility index (Phi) is 5.32. The van der Waals surface area contributed by atoms with Gasteiger partial charge in [-0.2, -0.15) is 0 Å². The first-order valence-electron chi connectivity index (χ1n) is 7.43. The molecular formula is C17H17N3O2S2. The second kappa shape index (κ2) is 7.63. The third-order valence-electron chi connectivity index (χ3n) is 3.36. The van der Waals surface area contributed by atoms with Crippen LogP contribution in [0.25, 0.3) is 10.2 Å². The summed E-state index contributed by atoms with van der Waals surface area (Å²) in [5.41, 5.74) is 0.767. The predicted molar refractivity (Wildman–Crippen MR) is 99.1 cm³/mol. The fourth-order valence-corrected chi connectivity index (χ4v) is 4.03. The van der Waals surface area contributed by atoms with E-state index in [1.54, 1.807) is 36.5 Å². The molecule has 1 aromatic carbocycles. The minimum absolute atomic E-state index is 0.0144. The van der Waals surface area contributed by atoms with E-state index in [0.717, 1.165) is 26.7 Å². The molecule has 0 saturated carbocycles. The summed E-state index contributed by atoms with van der Waals surface area (Å²) in [6.07, 6.45) is 2.00. The highest BCUT2D eigenvalue weighted by Crippen LogP contribution is 2.30. The van der Waals surface area contributed by atoms with Crippen molar-refractivity contribution >= 4 is 44.9 Å². The molecule has 0 atom stereocenters. The number of nitrogens with zero attached hydrogens (tertiary/aromatic N) is 2. The number of fused-ring (bicyclic) bond motifs is 1. The number of thiophene rings is 1. The zero-order chi connectivity index (χ0) is 16.9. The third-order valence-corrected chi connectivity index (χ3v) is 5.32. The summed E-state index contributed by atoms with van der Waals surface area (Å²) in [5, 5.41) is 4.88. The number of amides is 1. The smallest absolute Gasteiger partial charge is 0.225 e. The lowest BCUT2D eigenvalue weighted by molar-refractivity contribution is -0.115. The molecule has 24 heavy (non-hydrogen) atoms. The van der Waals surface area contributed by atoms with E-state index in [2.05, 4.69) is 28.3 Å². The Morgan fingerprint density at radius 3 is 2.83 bits per heavy atom. The van der Waals surface area contributed by atoms with Crippen LogP contribution in [0.4, 0.5) is 5.69 Å². The fraction of sp³-hybridized carbons (Fsp3) is 0.235. The van der Waals surface area contributed by atoms with Gasteiger partial charge in [0.15, 0.2) is 0 Å². The molecule has 1 N–H and O–H groups in total. The molecule has 0 aliphatic carbocycles. The van der Waals surface area contributed by atoms with E-state index in [0.29, 0.717) is 12.2 Å². The number of carbonyl (C=O) groups excluding carboxylic acids is 1. The number of aryl methyl sites for hydroxylation is 1. The minimum atomic E-state index is -0.0144. The first-order valence-corrected chi connectivity index (χ1v) is 9.24. The summed E-state index contributed by atoms with van der Waals surface area (Å²) in [6, 6.07) is 9.39. The van der Waals surface area contributed by atoms with Crippen molar-refractivity contribution < 1.29 is 9.53 Å². The molecule has 0 bridgehead atoms. The second-order valence-electron chi connectivity index (χ2n) is 5.13. The number of benzene rings is 1. The fourth-order valence-electron chi connectivity index (χ4n) is 2.21. The van der Waals surface area contributed by atoms with Crippen LogP contribution in [0.5, 0.6) is 5.75 Å². The highest BCUT2D eigenvalue weighted by molar-refractivity contribution is 7.99. The summed E-state index contributed by atoms with van der Waals surface area (Å²) in [6.45, 7) is 2.06. The van der Waals surface area contributed by atoms with Crippen LogP contribution in [0.2, 0.25) is 0 Å². The molecule has 5 nitrogen and oxygen atoms in total. The van der Waals surface area contributed by atoms with E-state index in [1.165, 1.54) is 4.88 Å². The van der Waals surface area contributed by atoms with Crippen molar-refractivity contribution in [2.24, 2.45) is 0 Å². The lowest BCUT2D eigenvalue weighted by Crippen LogP contribution is -2.12. The molecular weight excluding hydrogens is 342 g/mol. The van der Waals surface area contributed by atoms with Crippen LogP contribution in [-0.4, -0.2) is 28.7 Å². The molecule has 3 aromatic rings. The summed E-state index contributed by atoms with van der Waals surface area (Å²) in [4.78, 5) is 22.9. The summed E-state index contributed by atoms with van der Waals surface area (Å²) in [5.74, 6) is 1.42. The Balaban J connectivity index is 1.54. The Morgan fingerprint density at radius 1 is 1.29 bits per heavy atom. The standard InChI is InChI=1S/C17H17N3O2S2/c1-11-9-14-16(18-10-19-17(14)24-11)23-8-7-15(21)20-12-3-5-13(22-2)6-4-12/h3-6,9-10H,7-8H2,1-2H3,(H,20,21). The second-order valence-corrected chi connectivity index (χ2v) is 7.45. The maximum absolute atomic E-state index is 12.0. The van der Waals surface area contributed by atoms with Crippen LogP contribution in [0.3, 0.4) is 0 Å². The maximum Gasteiger partial charge on any atom is 0.225 e. The van der Waals surface area contributed by atoms with E-state index >= 15 is 0 Å². The molecule has 1 amide bonds. The zero-order valence-corrected chi connectivity index (χ0v) is 15.0. The van der Waals surface area contributed by atoms with Gasteiger partial charge in [-0.05, 0) is 37.3 Å². The van der Waals surface area contributed by atoms with Gasteiger partial charge < -0.3 is 10.1 Å². The summed E-state index contributed by atoms with van der Waals surface area (Å²) in [7, 11) is 1.61. The van der Waals surface area contributed by atoms with Gasteiger partial charge in [-0.1, -0.05) is 0 Å². The minimum Gasteiger partial charge on any atom is -0.497 e. The van der Waals surface area contributed by atoms with Gasteiger partial charge in [-0.25, -0.2) is 9.97 Å². The van der Waals surface area contributed by atoms with Gasteiger partial charge in [0.25, 0.3) is 0 Å². The summed E-state index contributed by atoms with van der Waals surface area (Å²) >= 11 is 3.24. The van der Waals surface area contributed by atoms with Crippen molar-refractivity contribution in [3.63, 3.8) is 0 Å². The maximum atomic E-state index is 12.0. The third kappa shape index (κ3) is 4.04. The highest BCUT2D eigenvalue weighted by Gasteiger charge is 2.09. The SMILES string of the molecule is COc1ccc(NC(=O)CCSc2ncnc3sc(C)cc23)cc1. The molecule has 0 fully saturated rings. The lowest BCUT2D eigenvalue weighted by Gasteiger charge is -2.06. The van der Waals surface area contributed by atoms with E-state index < -0.39 is 0 Å². The number of hydrogen-bond donors (Lipinski definition) is 1. The number of methoxy groups -OCH3 is 1. The van der Waals surface area contributed by atoms with Crippen molar-refractivity contribution in [1.82, 2.24) is 9.97 Å². The van der Waals surface area contributed by atoms with Crippen molar-refractivity contribution in [2.45, 2.75) is 18.4 Å². The zero-order valence-electron chi connectivity index (χ0n) is 13.4. The number of anilines is 1. The lowest BCUT2D eigenvalue weighted by atomic mass is 10.3. The van der Waals surface area contributed by atoms with Crippen LogP contribution in [-0.2, 0) is 4.79 Å². The number of hydrogen-bond acceptors (Lipinski definition) is 6. The van der Waals surface area contributed by atoms with E-state index in [-0.39, 0.29) is 5.91 Å². The summed E-state index contributed by atoms with van der Waals surface area (Å²) < 4.78 is 5.10.